The third-order valence-corrected chi connectivity index (χ3v) is 2.94. The quantitative estimate of drug-likeness (QED) is 0.509. The molecule has 0 amide bonds. The minimum atomic E-state index is -0.477. The molecule has 0 aliphatic carbocycles. The lowest BCUT2D eigenvalue weighted by atomic mass is 10.2. The molecular formula is C13H12ClN3O2. The third-order valence-electron chi connectivity index (χ3n) is 2.63. The number of nitro groups is 1. The normalized spacial score (nSPS) is 10.2. The molecule has 0 fully saturated rings. The van der Waals surface area contributed by atoms with Gasteiger partial charge in [0.15, 0.2) is 0 Å². The topological polar surface area (TPSA) is 81.2 Å². The fourth-order valence-corrected chi connectivity index (χ4v) is 1.84. The molecule has 5 nitrogen and oxygen atoms in total. The summed E-state index contributed by atoms with van der Waals surface area (Å²) in [6, 6.07) is 11.8. The van der Waals surface area contributed by atoms with Crippen LogP contribution in [-0.4, -0.2) is 4.92 Å². The van der Waals surface area contributed by atoms with E-state index in [0.29, 0.717) is 22.9 Å². The van der Waals surface area contributed by atoms with Gasteiger partial charge in [-0.3, -0.25) is 10.1 Å². The molecule has 0 saturated carbocycles. The summed E-state index contributed by atoms with van der Waals surface area (Å²) in [5, 5.41) is 14.0. The molecule has 6 heteroatoms. The standard InChI is InChI=1S/C13H12ClN3O2/c14-12-7-11(17(18)19)5-6-13(12)16-8-9-1-3-10(15)4-2-9/h1-7,16H,8,15H2. The van der Waals surface area contributed by atoms with Gasteiger partial charge in [0.25, 0.3) is 5.69 Å². The van der Waals surface area contributed by atoms with E-state index in [9.17, 15) is 10.1 Å². The summed E-state index contributed by atoms with van der Waals surface area (Å²) in [6.07, 6.45) is 0. The van der Waals surface area contributed by atoms with E-state index in [1.54, 1.807) is 6.07 Å². The van der Waals surface area contributed by atoms with Gasteiger partial charge >= 0.3 is 0 Å². The zero-order valence-corrected chi connectivity index (χ0v) is 10.7. The summed E-state index contributed by atoms with van der Waals surface area (Å²) in [5.41, 5.74) is 7.98. The molecule has 0 unspecified atom stereocenters. The van der Waals surface area contributed by atoms with Crippen LogP contribution in [0.2, 0.25) is 5.02 Å². The fourth-order valence-electron chi connectivity index (χ4n) is 1.59. The first kappa shape index (κ1) is 13.2. The molecular weight excluding hydrogens is 266 g/mol. The molecule has 0 aliphatic heterocycles. The molecule has 0 spiro atoms. The van der Waals surface area contributed by atoms with E-state index in [4.69, 9.17) is 17.3 Å². The molecule has 2 aromatic carbocycles. The minimum absolute atomic E-state index is 0.0250. The number of nitrogen functional groups attached to an aromatic ring is 1. The van der Waals surface area contributed by atoms with E-state index in [2.05, 4.69) is 5.32 Å². The molecule has 98 valence electrons. The Bertz CT molecular complexity index is 599. The van der Waals surface area contributed by atoms with Crippen molar-refractivity contribution in [3.05, 3.63) is 63.2 Å². The van der Waals surface area contributed by atoms with Crippen molar-refractivity contribution in [2.75, 3.05) is 11.1 Å². The van der Waals surface area contributed by atoms with Crippen LogP contribution in [0.4, 0.5) is 17.1 Å². The summed E-state index contributed by atoms with van der Waals surface area (Å²) in [6.45, 7) is 0.567. The number of hydrogen-bond donors (Lipinski definition) is 2. The number of nitrogens with one attached hydrogen (secondary N) is 1. The fraction of sp³-hybridized carbons (Fsp3) is 0.0769. The molecule has 0 radical (unpaired) electrons. The highest BCUT2D eigenvalue weighted by Gasteiger charge is 2.08. The van der Waals surface area contributed by atoms with Crippen molar-refractivity contribution in [1.82, 2.24) is 0 Å². The highest BCUT2D eigenvalue weighted by atomic mass is 35.5. The molecule has 0 aliphatic rings. The zero-order valence-electron chi connectivity index (χ0n) is 9.97. The lowest BCUT2D eigenvalue weighted by molar-refractivity contribution is -0.384. The number of halogens is 1. The summed E-state index contributed by atoms with van der Waals surface area (Å²) < 4.78 is 0. The van der Waals surface area contributed by atoms with E-state index < -0.39 is 4.92 Å². The van der Waals surface area contributed by atoms with Crippen LogP contribution in [0.25, 0.3) is 0 Å². The molecule has 0 saturated heterocycles. The number of nitrogens with two attached hydrogens (primary N) is 1. The minimum Gasteiger partial charge on any atom is -0.399 e. The predicted molar refractivity (Wildman–Crippen MR) is 76.3 cm³/mol. The Morgan fingerprint density at radius 3 is 2.47 bits per heavy atom. The smallest absolute Gasteiger partial charge is 0.271 e. The van der Waals surface area contributed by atoms with Gasteiger partial charge in [0.2, 0.25) is 0 Å². The van der Waals surface area contributed by atoms with Crippen molar-refractivity contribution in [3.8, 4) is 0 Å². The van der Waals surface area contributed by atoms with Gasteiger partial charge in [-0.1, -0.05) is 23.7 Å². The molecule has 0 heterocycles. The van der Waals surface area contributed by atoms with Gasteiger partial charge < -0.3 is 11.1 Å². The number of nitrogens with zero attached hydrogens (tertiary/aromatic N) is 1. The average molecular weight is 278 g/mol. The van der Waals surface area contributed by atoms with E-state index in [-0.39, 0.29) is 5.69 Å². The first-order chi connectivity index (χ1) is 9.06. The second kappa shape index (κ2) is 5.58. The van der Waals surface area contributed by atoms with Crippen LogP contribution >= 0.6 is 11.6 Å². The number of non-ortho nitro benzene ring substituents is 1. The van der Waals surface area contributed by atoms with Gasteiger partial charge in [0.1, 0.15) is 0 Å². The van der Waals surface area contributed by atoms with Crippen molar-refractivity contribution in [3.63, 3.8) is 0 Å². The Morgan fingerprint density at radius 2 is 1.89 bits per heavy atom. The summed E-state index contributed by atoms with van der Waals surface area (Å²) in [4.78, 5) is 10.1. The van der Waals surface area contributed by atoms with Crippen LogP contribution in [0, 0.1) is 10.1 Å². The SMILES string of the molecule is Nc1ccc(CNc2ccc([N+](=O)[O-])cc2Cl)cc1. The first-order valence-corrected chi connectivity index (χ1v) is 5.96. The lowest BCUT2D eigenvalue weighted by Gasteiger charge is -2.08. The van der Waals surface area contributed by atoms with E-state index in [1.165, 1.54) is 12.1 Å². The number of rotatable bonds is 4. The van der Waals surface area contributed by atoms with Crippen molar-refractivity contribution < 1.29 is 4.92 Å². The predicted octanol–water partition coefficient (Wildman–Crippen LogP) is 3.44. The summed E-state index contributed by atoms with van der Waals surface area (Å²) in [5.74, 6) is 0. The Hall–Kier alpha value is -2.27. The molecule has 0 aromatic heterocycles. The van der Waals surface area contributed by atoms with Crippen LogP contribution in [-0.2, 0) is 6.54 Å². The first-order valence-electron chi connectivity index (χ1n) is 5.58. The molecule has 19 heavy (non-hydrogen) atoms. The molecule has 2 rings (SSSR count). The largest absolute Gasteiger partial charge is 0.399 e. The van der Waals surface area contributed by atoms with Gasteiger partial charge in [-0.2, -0.15) is 0 Å². The Morgan fingerprint density at radius 1 is 1.21 bits per heavy atom. The second-order valence-electron chi connectivity index (χ2n) is 4.02. The van der Waals surface area contributed by atoms with Crippen LogP contribution in [0.15, 0.2) is 42.5 Å². The number of anilines is 2. The van der Waals surface area contributed by atoms with E-state index in [1.807, 2.05) is 24.3 Å². The zero-order chi connectivity index (χ0) is 13.8. The van der Waals surface area contributed by atoms with Crippen LogP contribution in [0.3, 0.4) is 0 Å². The molecule has 0 bridgehead atoms. The van der Waals surface area contributed by atoms with Gasteiger partial charge in [-0.15, -0.1) is 0 Å². The van der Waals surface area contributed by atoms with Gasteiger partial charge in [0.05, 0.1) is 15.6 Å². The molecule has 2 aromatic rings. The maximum absolute atomic E-state index is 10.6. The number of nitro benzene ring substituents is 1. The second-order valence-corrected chi connectivity index (χ2v) is 4.42. The van der Waals surface area contributed by atoms with E-state index >= 15 is 0 Å². The lowest BCUT2D eigenvalue weighted by Crippen LogP contribution is -2.00. The maximum atomic E-state index is 10.6. The van der Waals surface area contributed by atoms with Crippen LogP contribution in [0.5, 0.6) is 0 Å². The third kappa shape index (κ3) is 3.35. The maximum Gasteiger partial charge on any atom is 0.271 e. The Balaban J connectivity index is 2.07. The highest BCUT2D eigenvalue weighted by molar-refractivity contribution is 6.33. The summed E-state index contributed by atoms with van der Waals surface area (Å²) >= 11 is 5.98. The van der Waals surface area contributed by atoms with Gasteiger partial charge in [-0.25, -0.2) is 0 Å². The highest BCUT2D eigenvalue weighted by Crippen LogP contribution is 2.27. The number of hydrogen-bond acceptors (Lipinski definition) is 4. The van der Waals surface area contributed by atoms with Crippen LogP contribution in [0.1, 0.15) is 5.56 Å². The van der Waals surface area contributed by atoms with E-state index in [0.717, 1.165) is 5.56 Å². The Labute approximate surface area is 115 Å². The molecule has 3 N–H and O–H groups in total. The van der Waals surface area contributed by atoms with Crippen LogP contribution < -0.4 is 11.1 Å². The van der Waals surface area contributed by atoms with Crippen molar-refractivity contribution in [2.45, 2.75) is 6.54 Å². The number of benzene rings is 2. The summed E-state index contributed by atoms with van der Waals surface area (Å²) in [7, 11) is 0. The van der Waals surface area contributed by atoms with Gasteiger partial charge in [0, 0.05) is 24.4 Å². The monoisotopic (exact) mass is 277 g/mol. The van der Waals surface area contributed by atoms with Crippen molar-refractivity contribution in [2.24, 2.45) is 0 Å². The van der Waals surface area contributed by atoms with Crippen molar-refractivity contribution >= 4 is 28.7 Å². The average Bonchev–Trinajstić information content (AvgIpc) is 2.39. The van der Waals surface area contributed by atoms with Gasteiger partial charge in [-0.05, 0) is 23.8 Å². The Kier molecular flexibility index (Phi) is 3.87. The molecule has 0 atom stereocenters. The van der Waals surface area contributed by atoms with Crippen molar-refractivity contribution in [1.29, 1.82) is 0 Å².